The third kappa shape index (κ3) is 3.00. The SMILES string of the molecule is C=CCN(C(=O)C1N([C@H](C)CO)C(=O)[C@@H]2[C@@H](C(=O)O)[C@@]3(C)CCC12O3)c1ccccc1Cl. The molecule has 6 atom stereocenters. The van der Waals surface area contributed by atoms with Crippen molar-refractivity contribution in [1.29, 1.82) is 0 Å². The molecule has 3 fully saturated rings. The van der Waals surface area contributed by atoms with Gasteiger partial charge < -0.3 is 24.7 Å². The molecule has 4 rings (SSSR count). The molecule has 1 aromatic rings. The first kappa shape index (κ1) is 22.8. The number of amides is 2. The van der Waals surface area contributed by atoms with Crippen LogP contribution in [0.4, 0.5) is 5.69 Å². The Bertz CT molecular complexity index is 985. The number of benzene rings is 1. The fraction of sp³-hybridized carbons (Fsp3) is 0.522. The van der Waals surface area contributed by atoms with Crippen LogP contribution in [0.25, 0.3) is 0 Å². The number of hydrogen-bond acceptors (Lipinski definition) is 5. The second-order valence-corrected chi connectivity index (χ2v) is 9.44. The standard InChI is InChI=1S/C23H27ClN2O6/c1-4-11-25(15-8-6-5-7-14(15)24)20(29)18-23-10-9-22(3,32-23)17(21(30)31)16(23)19(28)26(18)13(2)12-27/h4-8,13,16-18,27H,1,9-12H2,2-3H3,(H,30,31)/t13-,16+,17+,18?,22-,23?/m1/s1. The Balaban J connectivity index is 1.86. The van der Waals surface area contributed by atoms with Gasteiger partial charge in [-0.15, -0.1) is 6.58 Å². The minimum atomic E-state index is -1.28. The number of aliphatic hydroxyl groups is 1. The number of carboxylic acid groups (broad SMARTS) is 1. The zero-order valence-electron chi connectivity index (χ0n) is 18.0. The summed E-state index contributed by atoms with van der Waals surface area (Å²) in [5.74, 6) is -4.10. The lowest BCUT2D eigenvalue weighted by atomic mass is 9.66. The van der Waals surface area contributed by atoms with Gasteiger partial charge in [0.1, 0.15) is 11.6 Å². The summed E-state index contributed by atoms with van der Waals surface area (Å²) in [6.45, 7) is 6.83. The van der Waals surface area contributed by atoms with Crippen molar-refractivity contribution in [3.63, 3.8) is 0 Å². The van der Waals surface area contributed by atoms with Gasteiger partial charge in [-0.2, -0.15) is 0 Å². The van der Waals surface area contributed by atoms with Crippen LogP contribution in [0.2, 0.25) is 5.02 Å². The van der Waals surface area contributed by atoms with Crippen molar-refractivity contribution in [2.75, 3.05) is 18.1 Å². The molecule has 9 heteroatoms. The topological polar surface area (TPSA) is 107 Å². The number of carboxylic acids is 1. The zero-order valence-corrected chi connectivity index (χ0v) is 18.8. The first-order valence-electron chi connectivity index (χ1n) is 10.7. The minimum absolute atomic E-state index is 0.134. The second-order valence-electron chi connectivity index (χ2n) is 9.03. The summed E-state index contributed by atoms with van der Waals surface area (Å²) < 4.78 is 6.34. The number of aliphatic carboxylic acids is 1. The van der Waals surface area contributed by atoms with Crippen LogP contribution in [-0.4, -0.2) is 69.3 Å². The minimum Gasteiger partial charge on any atom is -0.481 e. The van der Waals surface area contributed by atoms with Crippen LogP contribution >= 0.6 is 11.6 Å². The fourth-order valence-corrected chi connectivity index (χ4v) is 6.07. The third-order valence-corrected chi connectivity index (χ3v) is 7.49. The molecule has 1 spiro atoms. The van der Waals surface area contributed by atoms with Gasteiger partial charge in [0.05, 0.1) is 40.8 Å². The number of carbonyl (C=O) groups is 3. The molecule has 2 bridgehead atoms. The molecule has 0 radical (unpaired) electrons. The smallest absolute Gasteiger partial charge is 0.310 e. The van der Waals surface area contributed by atoms with Gasteiger partial charge in [0.2, 0.25) is 5.91 Å². The molecule has 1 aromatic carbocycles. The number of para-hydroxylation sites is 1. The van der Waals surface area contributed by atoms with Gasteiger partial charge in [-0.05, 0) is 38.8 Å². The Hall–Kier alpha value is -2.42. The summed E-state index contributed by atoms with van der Waals surface area (Å²) in [4.78, 5) is 42.6. The van der Waals surface area contributed by atoms with E-state index in [4.69, 9.17) is 16.3 Å². The molecule has 2 N–H and O–H groups in total. The number of rotatable bonds is 7. The van der Waals surface area contributed by atoms with E-state index in [-0.39, 0.29) is 13.2 Å². The lowest BCUT2D eigenvalue weighted by molar-refractivity contribution is -0.155. The highest BCUT2D eigenvalue weighted by Crippen LogP contribution is 2.63. The molecule has 3 aliphatic rings. The molecule has 2 unspecified atom stereocenters. The summed E-state index contributed by atoms with van der Waals surface area (Å²) in [6.07, 6.45) is 2.35. The van der Waals surface area contributed by atoms with Crippen LogP contribution < -0.4 is 4.90 Å². The average molecular weight is 463 g/mol. The van der Waals surface area contributed by atoms with Crippen molar-refractivity contribution in [3.8, 4) is 0 Å². The lowest BCUT2D eigenvalue weighted by Gasteiger charge is -2.38. The van der Waals surface area contributed by atoms with Crippen molar-refractivity contribution in [1.82, 2.24) is 4.90 Å². The summed E-state index contributed by atoms with van der Waals surface area (Å²) >= 11 is 6.38. The van der Waals surface area contributed by atoms with Crippen molar-refractivity contribution < 1.29 is 29.3 Å². The third-order valence-electron chi connectivity index (χ3n) is 7.17. The Morgan fingerprint density at radius 2 is 2.09 bits per heavy atom. The van der Waals surface area contributed by atoms with Gasteiger partial charge in [0, 0.05) is 6.54 Å². The number of carbonyl (C=O) groups excluding carboxylic acids is 2. The molecule has 0 aliphatic carbocycles. The van der Waals surface area contributed by atoms with Crippen LogP contribution in [0.1, 0.15) is 26.7 Å². The fourth-order valence-electron chi connectivity index (χ4n) is 5.84. The highest BCUT2D eigenvalue weighted by molar-refractivity contribution is 6.34. The van der Waals surface area contributed by atoms with Crippen molar-refractivity contribution in [2.24, 2.45) is 11.8 Å². The van der Waals surface area contributed by atoms with Gasteiger partial charge in [-0.3, -0.25) is 14.4 Å². The molecule has 2 amide bonds. The zero-order chi connectivity index (χ0) is 23.4. The van der Waals surface area contributed by atoms with Gasteiger partial charge in [-0.25, -0.2) is 0 Å². The van der Waals surface area contributed by atoms with Crippen LogP contribution in [0, 0.1) is 11.8 Å². The average Bonchev–Trinajstić information content (AvgIpc) is 3.32. The number of ether oxygens (including phenoxy) is 1. The largest absolute Gasteiger partial charge is 0.481 e. The molecule has 0 aromatic heterocycles. The predicted molar refractivity (Wildman–Crippen MR) is 117 cm³/mol. The Morgan fingerprint density at radius 3 is 2.69 bits per heavy atom. The van der Waals surface area contributed by atoms with E-state index in [1.807, 2.05) is 0 Å². The van der Waals surface area contributed by atoms with E-state index in [2.05, 4.69) is 6.58 Å². The number of halogens is 1. The summed E-state index contributed by atoms with van der Waals surface area (Å²) in [5.41, 5.74) is -1.86. The predicted octanol–water partition coefficient (Wildman–Crippen LogP) is 2.09. The normalized spacial score (nSPS) is 33.8. The highest BCUT2D eigenvalue weighted by Gasteiger charge is 2.78. The monoisotopic (exact) mass is 462 g/mol. The van der Waals surface area contributed by atoms with E-state index in [0.717, 1.165) is 0 Å². The van der Waals surface area contributed by atoms with E-state index in [1.54, 1.807) is 44.2 Å². The quantitative estimate of drug-likeness (QED) is 0.601. The van der Waals surface area contributed by atoms with Crippen LogP contribution in [-0.2, 0) is 19.1 Å². The van der Waals surface area contributed by atoms with Crippen LogP contribution in [0.3, 0.4) is 0 Å². The summed E-state index contributed by atoms with van der Waals surface area (Å²) in [7, 11) is 0. The number of likely N-dealkylation sites (tertiary alicyclic amines) is 1. The Kier molecular flexibility index (Phi) is 5.59. The number of hydrogen-bond donors (Lipinski definition) is 2. The number of aliphatic hydroxyl groups excluding tert-OH is 1. The molecule has 0 saturated carbocycles. The second kappa shape index (κ2) is 7.86. The maximum atomic E-state index is 14.1. The first-order chi connectivity index (χ1) is 15.1. The molecular formula is C23H27ClN2O6. The van der Waals surface area contributed by atoms with Gasteiger partial charge >= 0.3 is 5.97 Å². The number of anilines is 1. The molecule has 172 valence electrons. The first-order valence-corrected chi connectivity index (χ1v) is 11.0. The Labute approximate surface area is 191 Å². The summed E-state index contributed by atoms with van der Waals surface area (Å²) in [5, 5.41) is 20.2. The van der Waals surface area contributed by atoms with Gasteiger partial charge in [0.25, 0.3) is 5.91 Å². The van der Waals surface area contributed by atoms with Crippen molar-refractivity contribution in [3.05, 3.63) is 41.9 Å². The Morgan fingerprint density at radius 1 is 1.41 bits per heavy atom. The van der Waals surface area contributed by atoms with Crippen LogP contribution in [0.15, 0.2) is 36.9 Å². The van der Waals surface area contributed by atoms with E-state index in [1.165, 1.54) is 9.80 Å². The van der Waals surface area contributed by atoms with E-state index >= 15 is 0 Å². The maximum Gasteiger partial charge on any atom is 0.310 e. The van der Waals surface area contributed by atoms with Gasteiger partial charge in [-0.1, -0.05) is 29.8 Å². The molecule has 3 aliphatic heterocycles. The molecule has 3 heterocycles. The van der Waals surface area contributed by atoms with E-state index in [9.17, 15) is 24.6 Å². The molecule has 8 nitrogen and oxygen atoms in total. The highest BCUT2D eigenvalue weighted by atomic mass is 35.5. The molecule has 3 saturated heterocycles. The van der Waals surface area contributed by atoms with E-state index < -0.39 is 52.9 Å². The van der Waals surface area contributed by atoms with Crippen molar-refractivity contribution >= 4 is 35.1 Å². The van der Waals surface area contributed by atoms with E-state index in [0.29, 0.717) is 23.6 Å². The maximum absolute atomic E-state index is 14.1. The number of nitrogens with zero attached hydrogens (tertiary/aromatic N) is 2. The molecular weight excluding hydrogens is 436 g/mol. The molecule has 32 heavy (non-hydrogen) atoms. The lowest BCUT2D eigenvalue weighted by Crippen LogP contribution is -2.58. The van der Waals surface area contributed by atoms with Crippen molar-refractivity contribution in [2.45, 2.75) is 50.0 Å². The summed E-state index contributed by atoms with van der Waals surface area (Å²) in [6, 6.07) is 5.07. The van der Waals surface area contributed by atoms with Crippen LogP contribution in [0.5, 0.6) is 0 Å². The number of fused-ring (bicyclic) bond motifs is 1. The van der Waals surface area contributed by atoms with Gasteiger partial charge in [0.15, 0.2) is 0 Å².